The fourth-order valence-electron chi connectivity index (χ4n) is 5.99. The van der Waals surface area contributed by atoms with Gasteiger partial charge < -0.3 is 14.5 Å². The van der Waals surface area contributed by atoms with Gasteiger partial charge in [0.15, 0.2) is 10.9 Å². The molecule has 9 nitrogen and oxygen atoms in total. The van der Waals surface area contributed by atoms with E-state index >= 15 is 0 Å². The number of H-pyrrole nitrogens is 1. The molecule has 2 saturated carbocycles. The number of aromatic nitrogens is 5. The van der Waals surface area contributed by atoms with Crippen LogP contribution in [-0.4, -0.2) is 35.8 Å². The SMILES string of the molecule is Cc1c(C(=O)O)sc2nc(CSc3nnc(-c4ccco4)n3[C@H](C)[C@H]3C[C@H]4CC[C@H]3C4)[nH]c(=O)c12. The Kier molecular flexibility index (Phi) is 5.56. The molecule has 4 atom stereocenters. The van der Waals surface area contributed by atoms with E-state index in [9.17, 15) is 14.7 Å². The van der Waals surface area contributed by atoms with Crippen LogP contribution in [0.25, 0.3) is 21.8 Å². The molecule has 0 unspecified atom stereocenters. The van der Waals surface area contributed by atoms with E-state index in [-0.39, 0.29) is 16.5 Å². The van der Waals surface area contributed by atoms with Crippen molar-refractivity contribution in [2.24, 2.45) is 17.8 Å². The summed E-state index contributed by atoms with van der Waals surface area (Å²) in [5, 5.41) is 19.5. The molecule has 2 bridgehead atoms. The Balaban J connectivity index is 1.32. The molecule has 11 heteroatoms. The standard InChI is InChI=1S/C24H25N5O4S2/c1-11-18-21(30)25-17(26-22(18)35-19(11)23(31)32)10-34-24-28-27-20(16-4-3-7-33-16)29(24)12(2)15-9-13-5-6-14(15)8-13/h3-4,7,12-15H,5-6,8-10H2,1-2H3,(H,31,32)(H,25,26,30)/t12-,13+,14+,15-/m1/s1. The second kappa shape index (κ2) is 8.63. The third-order valence-electron chi connectivity index (χ3n) is 7.61. The van der Waals surface area contributed by atoms with E-state index in [2.05, 4.69) is 31.7 Å². The van der Waals surface area contributed by atoms with E-state index in [0.29, 0.717) is 44.9 Å². The summed E-state index contributed by atoms with van der Waals surface area (Å²) in [4.78, 5) is 32.2. The first-order valence-electron chi connectivity index (χ1n) is 11.8. The minimum Gasteiger partial charge on any atom is -0.477 e. The summed E-state index contributed by atoms with van der Waals surface area (Å²) < 4.78 is 7.85. The Morgan fingerprint density at radius 3 is 2.91 bits per heavy atom. The Morgan fingerprint density at radius 2 is 2.23 bits per heavy atom. The number of hydrogen-bond donors (Lipinski definition) is 2. The van der Waals surface area contributed by atoms with Crippen molar-refractivity contribution in [1.82, 2.24) is 24.7 Å². The lowest BCUT2D eigenvalue weighted by molar-refractivity contribution is 0.0701. The number of carboxylic acid groups (broad SMARTS) is 1. The number of furan rings is 1. The second-order valence-corrected chi connectivity index (χ2v) is 11.5. The number of aromatic amines is 1. The third kappa shape index (κ3) is 3.81. The average molecular weight is 512 g/mol. The first-order chi connectivity index (χ1) is 16.9. The predicted molar refractivity (Wildman–Crippen MR) is 133 cm³/mol. The topological polar surface area (TPSA) is 127 Å². The molecule has 4 aromatic rings. The minimum absolute atomic E-state index is 0.144. The van der Waals surface area contributed by atoms with Crippen LogP contribution in [0.15, 0.2) is 32.8 Å². The lowest BCUT2D eigenvalue weighted by Gasteiger charge is -2.30. The number of carboxylic acids is 1. The van der Waals surface area contributed by atoms with Gasteiger partial charge in [-0.1, -0.05) is 18.2 Å². The molecule has 0 saturated heterocycles. The molecule has 0 spiro atoms. The summed E-state index contributed by atoms with van der Waals surface area (Å²) in [5.41, 5.74) is 0.132. The van der Waals surface area contributed by atoms with Crippen molar-refractivity contribution in [2.45, 2.75) is 56.5 Å². The number of fused-ring (bicyclic) bond motifs is 3. The maximum Gasteiger partial charge on any atom is 0.346 e. The Morgan fingerprint density at radius 1 is 1.37 bits per heavy atom. The van der Waals surface area contributed by atoms with Gasteiger partial charge in [0.1, 0.15) is 15.5 Å². The van der Waals surface area contributed by atoms with Gasteiger partial charge in [0, 0.05) is 6.04 Å². The number of thiophene rings is 1. The van der Waals surface area contributed by atoms with E-state index in [1.807, 2.05) is 12.1 Å². The van der Waals surface area contributed by atoms with E-state index in [4.69, 9.17) is 4.42 Å². The molecule has 0 aliphatic heterocycles. The summed E-state index contributed by atoms with van der Waals surface area (Å²) in [7, 11) is 0. The van der Waals surface area contributed by atoms with E-state index < -0.39 is 5.97 Å². The van der Waals surface area contributed by atoms with Crippen molar-refractivity contribution < 1.29 is 14.3 Å². The molecule has 0 radical (unpaired) electrons. The zero-order valence-electron chi connectivity index (χ0n) is 19.4. The molecule has 6 rings (SSSR count). The lowest BCUT2D eigenvalue weighted by Crippen LogP contribution is -2.23. The third-order valence-corrected chi connectivity index (χ3v) is 9.74. The van der Waals surface area contributed by atoms with Crippen LogP contribution in [0, 0.1) is 24.7 Å². The van der Waals surface area contributed by atoms with Gasteiger partial charge in [-0.3, -0.25) is 9.36 Å². The average Bonchev–Trinajstić information content (AvgIpc) is 3.65. The summed E-state index contributed by atoms with van der Waals surface area (Å²) in [6, 6.07) is 3.96. The molecular weight excluding hydrogens is 486 g/mol. The van der Waals surface area contributed by atoms with Crippen LogP contribution in [0.5, 0.6) is 0 Å². The van der Waals surface area contributed by atoms with Crippen LogP contribution in [0.4, 0.5) is 0 Å². The number of aromatic carboxylic acids is 1. The number of nitrogens with one attached hydrogen (secondary N) is 1. The molecule has 2 fully saturated rings. The van der Waals surface area contributed by atoms with E-state index in [0.717, 1.165) is 28.3 Å². The number of thioether (sulfide) groups is 1. The number of carbonyl (C=O) groups is 1. The first kappa shape index (κ1) is 22.5. The van der Waals surface area contributed by atoms with Crippen molar-refractivity contribution in [3.05, 3.63) is 45.0 Å². The molecule has 2 N–H and O–H groups in total. The second-order valence-electron chi connectivity index (χ2n) is 9.58. The molecule has 0 aromatic carbocycles. The number of aryl methyl sites for hydroxylation is 1. The Labute approximate surface area is 209 Å². The Bertz CT molecular complexity index is 1470. The molecule has 2 aliphatic carbocycles. The fraction of sp³-hybridized carbons (Fsp3) is 0.458. The van der Waals surface area contributed by atoms with Gasteiger partial charge in [0.05, 0.1) is 17.4 Å². The molecule has 4 heterocycles. The van der Waals surface area contributed by atoms with Crippen LogP contribution < -0.4 is 5.56 Å². The molecule has 4 aromatic heterocycles. The quantitative estimate of drug-likeness (QED) is 0.327. The minimum atomic E-state index is -1.05. The summed E-state index contributed by atoms with van der Waals surface area (Å²) in [5.74, 6) is 3.36. The summed E-state index contributed by atoms with van der Waals surface area (Å²) in [6.07, 6.45) is 6.84. The smallest absolute Gasteiger partial charge is 0.346 e. The van der Waals surface area contributed by atoms with Crippen LogP contribution in [-0.2, 0) is 5.75 Å². The number of hydrogen-bond acceptors (Lipinski definition) is 8. The largest absolute Gasteiger partial charge is 0.477 e. The normalized spacial score (nSPS) is 22.3. The van der Waals surface area contributed by atoms with Crippen LogP contribution in [0.3, 0.4) is 0 Å². The highest BCUT2D eigenvalue weighted by Crippen LogP contribution is 2.53. The van der Waals surface area contributed by atoms with Gasteiger partial charge in [0.25, 0.3) is 5.56 Å². The van der Waals surface area contributed by atoms with Crippen LogP contribution in [0.1, 0.15) is 59.7 Å². The van der Waals surface area contributed by atoms with Crippen LogP contribution >= 0.6 is 23.1 Å². The zero-order chi connectivity index (χ0) is 24.3. The van der Waals surface area contributed by atoms with Crippen molar-refractivity contribution in [1.29, 1.82) is 0 Å². The van der Waals surface area contributed by atoms with Crippen LogP contribution in [0.2, 0.25) is 0 Å². The van der Waals surface area contributed by atoms with Gasteiger partial charge in [-0.15, -0.1) is 21.5 Å². The van der Waals surface area contributed by atoms with Gasteiger partial charge in [-0.25, -0.2) is 9.78 Å². The fourth-order valence-corrected chi connectivity index (χ4v) is 7.92. The zero-order valence-corrected chi connectivity index (χ0v) is 21.0. The summed E-state index contributed by atoms with van der Waals surface area (Å²) in [6.45, 7) is 3.89. The maximum atomic E-state index is 12.7. The molecule has 182 valence electrons. The number of rotatable bonds is 7. The van der Waals surface area contributed by atoms with Crippen molar-refractivity contribution >= 4 is 39.3 Å². The van der Waals surface area contributed by atoms with Crippen molar-refractivity contribution in [3.63, 3.8) is 0 Å². The lowest BCUT2D eigenvalue weighted by atomic mass is 9.84. The highest BCUT2D eigenvalue weighted by Gasteiger charge is 2.43. The van der Waals surface area contributed by atoms with Gasteiger partial charge in [-0.05, 0) is 68.6 Å². The number of nitrogens with zero attached hydrogens (tertiary/aromatic N) is 4. The summed E-state index contributed by atoms with van der Waals surface area (Å²) >= 11 is 2.49. The predicted octanol–water partition coefficient (Wildman–Crippen LogP) is 5.13. The maximum absolute atomic E-state index is 12.7. The van der Waals surface area contributed by atoms with Crippen molar-refractivity contribution in [2.75, 3.05) is 0 Å². The van der Waals surface area contributed by atoms with Gasteiger partial charge >= 0.3 is 5.97 Å². The van der Waals surface area contributed by atoms with Crippen molar-refractivity contribution in [3.8, 4) is 11.6 Å². The van der Waals surface area contributed by atoms with E-state index in [1.54, 1.807) is 13.2 Å². The monoisotopic (exact) mass is 511 g/mol. The molecule has 0 amide bonds. The van der Waals surface area contributed by atoms with Gasteiger partial charge in [-0.2, -0.15) is 0 Å². The highest BCUT2D eigenvalue weighted by atomic mass is 32.2. The molecule has 35 heavy (non-hydrogen) atoms. The van der Waals surface area contributed by atoms with Gasteiger partial charge in [0.2, 0.25) is 5.82 Å². The van der Waals surface area contributed by atoms with E-state index in [1.165, 1.54) is 37.4 Å². The Hall–Kier alpha value is -2.92. The highest BCUT2D eigenvalue weighted by molar-refractivity contribution is 7.98. The first-order valence-corrected chi connectivity index (χ1v) is 13.6. The molecule has 2 aliphatic rings. The molecular formula is C24H25N5O4S2.